The van der Waals surface area contributed by atoms with Crippen LogP contribution in [-0.2, 0) is 4.79 Å². The third-order valence-electron chi connectivity index (χ3n) is 8.34. The minimum absolute atomic E-state index is 0.0322. The molecule has 0 aromatic carbocycles. The number of halogens is 1. The molecule has 7 atom stereocenters. The molecule has 0 aliphatic heterocycles. The molecule has 3 fully saturated rings. The SMILES string of the molecule is CCCC1C[C@H]2C(=CC1=O)CC[C@@H]1[C@@H]2CC[C@]2(C)[C@@H](O)C(=CC#CCl)C[C@@H]12. The first kappa shape index (κ1) is 19.3. The van der Waals surface area contributed by atoms with Crippen LogP contribution < -0.4 is 0 Å². The van der Waals surface area contributed by atoms with Gasteiger partial charge in [0, 0.05) is 16.7 Å². The summed E-state index contributed by atoms with van der Waals surface area (Å²) in [6, 6.07) is 0. The van der Waals surface area contributed by atoms with Gasteiger partial charge in [0.05, 0.1) is 6.10 Å². The van der Waals surface area contributed by atoms with E-state index in [1.54, 1.807) is 0 Å². The Morgan fingerprint density at radius 3 is 2.93 bits per heavy atom. The molecule has 0 saturated heterocycles. The van der Waals surface area contributed by atoms with E-state index in [9.17, 15) is 9.90 Å². The van der Waals surface area contributed by atoms with Gasteiger partial charge in [-0.15, -0.1) is 0 Å². The predicted molar refractivity (Wildman–Crippen MR) is 109 cm³/mol. The van der Waals surface area contributed by atoms with Crippen molar-refractivity contribution in [3.63, 3.8) is 0 Å². The number of carbonyl (C=O) groups excluding carboxylic acids is 1. The average molecular weight is 387 g/mol. The first-order chi connectivity index (χ1) is 13.0. The average Bonchev–Trinajstić information content (AvgIpc) is 2.92. The first-order valence-corrected chi connectivity index (χ1v) is 11.1. The topological polar surface area (TPSA) is 37.3 Å². The van der Waals surface area contributed by atoms with E-state index in [2.05, 4.69) is 25.1 Å². The number of ketones is 1. The largest absolute Gasteiger partial charge is 0.388 e. The maximum absolute atomic E-state index is 12.5. The van der Waals surface area contributed by atoms with Crippen LogP contribution in [0, 0.1) is 46.3 Å². The van der Waals surface area contributed by atoms with Crippen LogP contribution >= 0.6 is 11.6 Å². The molecule has 146 valence electrons. The van der Waals surface area contributed by atoms with Gasteiger partial charge in [-0.05, 0) is 97.9 Å². The van der Waals surface area contributed by atoms with Crippen molar-refractivity contribution in [2.75, 3.05) is 0 Å². The fraction of sp³-hybridized carbons (Fsp3) is 0.708. The van der Waals surface area contributed by atoms with Crippen molar-refractivity contribution in [2.45, 2.75) is 71.3 Å². The van der Waals surface area contributed by atoms with Crippen LogP contribution in [0.2, 0.25) is 0 Å². The quantitative estimate of drug-likeness (QED) is 0.658. The second-order valence-corrected chi connectivity index (χ2v) is 9.72. The predicted octanol–water partition coefficient (Wildman–Crippen LogP) is 5.25. The van der Waals surface area contributed by atoms with Gasteiger partial charge in [-0.25, -0.2) is 0 Å². The highest BCUT2D eigenvalue weighted by Gasteiger charge is 2.57. The Morgan fingerprint density at radius 2 is 2.19 bits per heavy atom. The smallest absolute Gasteiger partial charge is 0.158 e. The first-order valence-electron chi connectivity index (χ1n) is 10.7. The lowest BCUT2D eigenvalue weighted by Gasteiger charge is -2.53. The molecule has 3 saturated carbocycles. The molecule has 0 aromatic rings. The molecular formula is C24H31ClO2. The second-order valence-electron chi connectivity index (χ2n) is 9.53. The van der Waals surface area contributed by atoms with Crippen LogP contribution in [0.15, 0.2) is 23.3 Å². The van der Waals surface area contributed by atoms with E-state index in [0.29, 0.717) is 29.5 Å². The van der Waals surface area contributed by atoms with Gasteiger partial charge in [0.1, 0.15) is 0 Å². The summed E-state index contributed by atoms with van der Waals surface area (Å²) in [6.45, 7) is 4.46. The molecule has 0 heterocycles. The molecule has 0 bridgehead atoms. The summed E-state index contributed by atoms with van der Waals surface area (Å²) < 4.78 is 0. The lowest BCUT2D eigenvalue weighted by atomic mass is 9.51. The van der Waals surface area contributed by atoms with Gasteiger partial charge in [0.2, 0.25) is 0 Å². The van der Waals surface area contributed by atoms with Crippen molar-refractivity contribution in [1.82, 2.24) is 0 Å². The van der Waals surface area contributed by atoms with Crippen LogP contribution in [0.1, 0.15) is 65.2 Å². The molecule has 0 aromatic heterocycles. The van der Waals surface area contributed by atoms with E-state index in [1.807, 2.05) is 12.2 Å². The summed E-state index contributed by atoms with van der Waals surface area (Å²) >= 11 is 5.53. The molecule has 0 amide bonds. The molecule has 2 nitrogen and oxygen atoms in total. The number of hydrogen-bond acceptors (Lipinski definition) is 2. The Balaban J connectivity index is 1.60. The minimum Gasteiger partial charge on any atom is -0.388 e. The maximum atomic E-state index is 12.5. The maximum Gasteiger partial charge on any atom is 0.158 e. The number of carbonyl (C=O) groups is 1. The normalized spacial score (nSPS) is 44.7. The number of aliphatic hydroxyl groups is 1. The molecule has 1 unspecified atom stereocenters. The van der Waals surface area contributed by atoms with Crippen molar-refractivity contribution in [3.8, 4) is 11.3 Å². The Hall–Kier alpha value is -1.04. The summed E-state index contributed by atoms with van der Waals surface area (Å²) in [5, 5.41) is 13.4. The number of aliphatic hydroxyl groups excluding tert-OH is 1. The highest BCUT2D eigenvalue weighted by atomic mass is 35.5. The van der Waals surface area contributed by atoms with Crippen molar-refractivity contribution >= 4 is 17.4 Å². The molecule has 0 spiro atoms. The van der Waals surface area contributed by atoms with E-state index < -0.39 is 6.10 Å². The number of allylic oxidation sites excluding steroid dienone is 2. The van der Waals surface area contributed by atoms with Crippen molar-refractivity contribution in [1.29, 1.82) is 0 Å². The molecule has 0 radical (unpaired) electrons. The lowest BCUT2D eigenvalue weighted by Crippen LogP contribution is -2.48. The zero-order valence-electron chi connectivity index (χ0n) is 16.5. The Labute approximate surface area is 168 Å². The third-order valence-corrected chi connectivity index (χ3v) is 8.45. The molecule has 27 heavy (non-hydrogen) atoms. The van der Waals surface area contributed by atoms with Gasteiger partial charge in [-0.1, -0.05) is 31.8 Å². The van der Waals surface area contributed by atoms with Crippen molar-refractivity contribution in [3.05, 3.63) is 23.3 Å². The van der Waals surface area contributed by atoms with Crippen LogP contribution in [0.5, 0.6) is 0 Å². The highest BCUT2D eigenvalue weighted by Crippen LogP contribution is 2.63. The van der Waals surface area contributed by atoms with Crippen molar-refractivity contribution < 1.29 is 9.90 Å². The summed E-state index contributed by atoms with van der Waals surface area (Å²) in [5.74, 6) is 5.91. The van der Waals surface area contributed by atoms with Crippen LogP contribution in [-0.4, -0.2) is 17.0 Å². The fourth-order valence-corrected chi connectivity index (χ4v) is 7.04. The van der Waals surface area contributed by atoms with Gasteiger partial charge in [0.15, 0.2) is 5.78 Å². The third kappa shape index (κ3) is 3.12. The number of rotatable bonds is 2. The summed E-state index contributed by atoms with van der Waals surface area (Å²) in [7, 11) is 0. The van der Waals surface area contributed by atoms with Gasteiger partial charge in [0.25, 0.3) is 0 Å². The molecule has 1 N–H and O–H groups in total. The van der Waals surface area contributed by atoms with Gasteiger partial charge < -0.3 is 5.11 Å². The van der Waals surface area contributed by atoms with E-state index >= 15 is 0 Å². The van der Waals surface area contributed by atoms with Gasteiger partial charge >= 0.3 is 0 Å². The van der Waals surface area contributed by atoms with Crippen LogP contribution in [0.4, 0.5) is 0 Å². The second kappa shape index (κ2) is 7.41. The lowest BCUT2D eigenvalue weighted by molar-refractivity contribution is -0.120. The molecule has 4 aliphatic rings. The van der Waals surface area contributed by atoms with E-state index in [0.717, 1.165) is 44.1 Å². The van der Waals surface area contributed by atoms with Crippen molar-refractivity contribution in [2.24, 2.45) is 35.0 Å². The summed E-state index contributed by atoms with van der Waals surface area (Å²) in [5.41, 5.74) is 2.47. The zero-order valence-corrected chi connectivity index (χ0v) is 17.3. The number of fused-ring (bicyclic) bond motifs is 5. The standard InChI is InChI=1S/C24H31ClO2/c1-3-5-16-12-20-15(14-22(16)26)7-8-19-18(20)9-10-24(2)21(19)13-17(23(24)27)6-4-11-25/h6,14,16,18-21,23,27H,3,5,7-10,12-13H2,1-2H3/t16?,18-,19+,20-,21-,23-,24-/m0/s1. The number of hydrogen-bond donors (Lipinski definition) is 1. The van der Waals surface area contributed by atoms with Crippen LogP contribution in [0.3, 0.4) is 0 Å². The van der Waals surface area contributed by atoms with E-state index in [-0.39, 0.29) is 11.3 Å². The molecular weight excluding hydrogens is 356 g/mol. The zero-order chi connectivity index (χ0) is 19.2. The summed E-state index contributed by atoms with van der Waals surface area (Å²) in [4.78, 5) is 12.5. The summed E-state index contributed by atoms with van der Waals surface area (Å²) in [6.07, 6.45) is 12.1. The van der Waals surface area contributed by atoms with E-state index in [1.165, 1.54) is 18.4 Å². The van der Waals surface area contributed by atoms with Gasteiger partial charge in [-0.2, -0.15) is 0 Å². The molecule has 4 aliphatic carbocycles. The Kier molecular flexibility index (Phi) is 5.30. The molecule has 3 heteroatoms. The Bertz CT molecular complexity index is 739. The van der Waals surface area contributed by atoms with E-state index in [4.69, 9.17) is 11.6 Å². The monoisotopic (exact) mass is 386 g/mol. The molecule has 4 rings (SSSR count). The fourth-order valence-electron chi connectivity index (χ4n) is 6.98. The van der Waals surface area contributed by atoms with Crippen LogP contribution in [0.25, 0.3) is 0 Å². The highest BCUT2D eigenvalue weighted by molar-refractivity contribution is 6.30. The Morgan fingerprint density at radius 1 is 1.37 bits per heavy atom. The van der Waals surface area contributed by atoms with Gasteiger partial charge in [-0.3, -0.25) is 4.79 Å². The minimum atomic E-state index is -0.390.